The number of ether oxygens (including phenoxy) is 1. The van der Waals surface area contributed by atoms with Crippen molar-refractivity contribution in [3.8, 4) is 0 Å². The van der Waals surface area contributed by atoms with Crippen LogP contribution < -0.4 is 5.32 Å². The molecule has 21 heavy (non-hydrogen) atoms. The molecule has 7 nitrogen and oxygen atoms in total. The van der Waals surface area contributed by atoms with Crippen molar-refractivity contribution in [2.45, 2.75) is 26.3 Å². The molecule has 0 bridgehead atoms. The lowest BCUT2D eigenvalue weighted by Gasteiger charge is -2.19. The number of nitrogens with zero attached hydrogens (tertiary/aromatic N) is 1. The molecule has 0 aliphatic rings. The van der Waals surface area contributed by atoms with E-state index in [1.165, 1.54) is 25.3 Å². The number of non-ortho nitro benzene ring substituents is 1. The van der Waals surface area contributed by atoms with Crippen LogP contribution in [0.1, 0.15) is 19.4 Å². The zero-order valence-corrected chi connectivity index (χ0v) is 12.2. The Morgan fingerprint density at radius 2 is 2.05 bits per heavy atom. The summed E-state index contributed by atoms with van der Waals surface area (Å²) in [5, 5.41) is 13.3. The fourth-order valence-corrected chi connectivity index (χ4v) is 1.81. The molecule has 0 radical (unpaired) electrons. The van der Waals surface area contributed by atoms with Crippen LogP contribution in [0.3, 0.4) is 0 Å². The van der Waals surface area contributed by atoms with Gasteiger partial charge in [-0.3, -0.25) is 14.9 Å². The van der Waals surface area contributed by atoms with Gasteiger partial charge in [0.25, 0.3) is 5.69 Å². The molecule has 7 heteroatoms. The largest absolute Gasteiger partial charge is 0.467 e. The Bertz CT molecular complexity index is 542. The molecule has 0 fully saturated rings. The van der Waals surface area contributed by atoms with Crippen LogP contribution in [-0.4, -0.2) is 30.0 Å². The Morgan fingerprint density at radius 1 is 1.38 bits per heavy atom. The molecule has 0 saturated heterocycles. The van der Waals surface area contributed by atoms with E-state index in [4.69, 9.17) is 0 Å². The molecule has 114 valence electrons. The van der Waals surface area contributed by atoms with E-state index in [-0.39, 0.29) is 23.9 Å². The van der Waals surface area contributed by atoms with Crippen molar-refractivity contribution in [1.82, 2.24) is 5.32 Å². The lowest BCUT2D eigenvalue weighted by atomic mass is 10.0. The van der Waals surface area contributed by atoms with Crippen LogP contribution in [0.2, 0.25) is 0 Å². The van der Waals surface area contributed by atoms with E-state index in [0.29, 0.717) is 5.56 Å². The number of nitro benzene ring substituents is 1. The molecule has 0 spiro atoms. The molecule has 1 aromatic rings. The zero-order valence-electron chi connectivity index (χ0n) is 12.2. The van der Waals surface area contributed by atoms with Crippen molar-refractivity contribution in [3.05, 3.63) is 39.9 Å². The summed E-state index contributed by atoms with van der Waals surface area (Å²) in [7, 11) is 1.25. The van der Waals surface area contributed by atoms with Crippen LogP contribution in [0.15, 0.2) is 24.3 Å². The van der Waals surface area contributed by atoms with E-state index in [1.807, 2.05) is 0 Å². The maximum atomic E-state index is 11.9. The van der Waals surface area contributed by atoms with Gasteiger partial charge in [-0.2, -0.15) is 0 Å². The van der Waals surface area contributed by atoms with E-state index < -0.39 is 16.9 Å². The normalized spacial score (nSPS) is 11.8. The van der Waals surface area contributed by atoms with Gasteiger partial charge < -0.3 is 10.1 Å². The predicted octanol–water partition coefficient (Wildman–Crippen LogP) is 1.45. The van der Waals surface area contributed by atoms with Crippen LogP contribution in [0.5, 0.6) is 0 Å². The van der Waals surface area contributed by atoms with Crippen molar-refractivity contribution in [3.63, 3.8) is 0 Å². The Hall–Kier alpha value is -2.44. The van der Waals surface area contributed by atoms with Crippen LogP contribution >= 0.6 is 0 Å². The van der Waals surface area contributed by atoms with Gasteiger partial charge in [0.2, 0.25) is 5.91 Å². The van der Waals surface area contributed by atoms with Crippen molar-refractivity contribution in [2.75, 3.05) is 7.11 Å². The Kier molecular flexibility index (Phi) is 5.83. The monoisotopic (exact) mass is 294 g/mol. The number of methoxy groups -OCH3 is 1. The minimum Gasteiger partial charge on any atom is -0.467 e. The second kappa shape index (κ2) is 7.37. The number of benzene rings is 1. The highest BCUT2D eigenvalue weighted by molar-refractivity contribution is 5.85. The highest BCUT2D eigenvalue weighted by Crippen LogP contribution is 2.13. The average Bonchev–Trinajstić information content (AvgIpc) is 2.43. The van der Waals surface area contributed by atoms with E-state index in [9.17, 15) is 19.7 Å². The summed E-state index contributed by atoms with van der Waals surface area (Å²) in [4.78, 5) is 33.7. The molecule has 0 aliphatic carbocycles. The Labute approximate surface area is 122 Å². The predicted molar refractivity (Wildman–Crippen MR) is 75.6 cm³/mol. The topological polar surface area (TPSA) is 98.5 Å². The molecule has 0 aliphatic heterocycles. The first-order valence-electron chi connectivity index (χ1n) is 6.45. The number of hydrogen-bond acceptors (Lipinski definition) is 5. The van der Waals surface area contributed by atoms with Gasteiger partial charge in [-0.15, -0.1) is 0 Å². The Morgan fingerprint density at radius 3 is 2.57 bits per heavy atom. The van der Waals surface area contributed by atoms with Gasteiger partial charge in [0.05, 0.1) is 18.5 Å². The number of nitrogens with one attached hydrogen (secondary N) is 1. The quantitative estimate of drug-likeness (QED) is 0.486. The van der Waals surface area contributed by atoms with Crippen LogP contribution in [0, 0.1) is 16.0 Å². The standard InChI is InChI=1S/C14H18N2O5/c1-9(2)13(14(18)21-3)15-12(17)8-10-5-4-6-11(7-10)16(19)20/h4-7,9,13H,8H2,1-3H3,(H,15,17)/t13-/m1/s1. The number of amides is 1. The number of esters is 1. The third-order valence-electron chi connectivity index (χ3n) is 2.92. The van der Waals surface area contributed by atoms with Crippen LogP contribution in [-0.2, 0) is 20.7 Å². The van der Waals surface area contributed by atoms with Crippen LogP contribution in [0.4, 0.5) is 5.69 Å². The zero-order chi connectivity index (χ0) is 16.0. The molecule has 1 amide bonds. The van der Waals surface area contributed by atoms with E-state index in [0.717, 1.165) is 0 Å². The summed E-state index contributed by atoms with van der Waals surface area (Å²) >= 11 is 0. The van der Waals surface area contributed by atoms with Gasteiger partial charge in [-0.1, -0.05) is 26.0 Å². The third kappa shape index (κ3) is 4.87. The molecule has 0 aromatic heterocycles. The summed E-state index contributed by atoms with van der Waals surface area (Å²) < 4.78 is 4.63. The minimum atomic E-state index is -0.735. The first kappa shape index (κ1) is 16.6. The second-order valence-corrected chi connectivity index (χ2v) is 4.92. The fourth-order valence-electron chi connectivity index (χ4n) is 1.81. The maximum Gasteiger partial charge on any atom is 0.328 e. The molecule has 1 aromatic carbocycles. The molecular formula is C14H18N2O5. The first-order chi connectivity index (χ1) is 9.85. The van der Waals surface area contributed by atoms with Crippen LogP contribution in [0.25, 0.3) is 0 Å². The number of nitro groups is 1. The molecule has 1 rings (SSSR count). The minimum absolute atomic E-state index is 0.0398. The molecule has 0 saturated carbocycles. The average molecular weight is 294 g/mol. The van der Waals surface area contributed by atoms with Crippen molar-refractivity contribution < 1.29 is 19.2 Å². The first-order valence-corrected chi connectivity index (χ1v) is 6.45. The molecule has 1 atom stereocenters. The summed E-state index contributed by atoms with van der Waals surface area (Å²) in [6, 6.07) is 5.09. The summed E-state index contributed by atoms with van der Waals surface area (Å²) in [6.07, 6.45) is -0.0398. The smallest absolute Gasteiger partial charge is 0.328 e. The number of carbonyl (C=O) groups is 2. The molecule has 0 heterocycles. The fraction of sp³-hybridized carbons (Fsp3) is 0.429. The number of carbonyl (C=O) groups excluding carboxylic acids is 2. The van der Waals surface area contributed by atoms with Gasteiger partial charge in [-0.05, 0) is 11.5 Å². The Balaban J connectivity index is 2.74. The summed E-state index contributed by atoms with van der Waals surface area (Å²) in [6.45, 7) is 3.57. The van der Waals surface area contributed by atoms with Gasteiger partial charge in [0, 0.05) is 12.1 Å². The molecular weight excluding hydrogens is 276 g/mol. The highest BCUT2D eigenvalue weighted by Gasteiger charge is 2.24. The van der Waals surface area contributed by atoms with Gasteiger partial charge >= 0.3 is 5.97 Å². The van der Waals surface area contributed by atoms with Crippen molar-refractivity contribution in [1.29, 1.82) is 0 Å². The number of hydrogen-bond donors (Lipinski definition) is 1. The third-order valence-corrected chi connectivity index (χ3v) is 2.92. The molecule has 1 N–H and O–H groups in total. The summed E-state index contributed by atoms with van der Waals surface area (Å²) in [5.74, 6) is -1.02. The summed E-state index contributed by atoms with van der Waals surface area (Å²) in [5.41, 5.74) is 0.433. The highest BCUT2D eigenvalue weighted by atomic mass is 16.6. The van der Waals surface area contributed by atoms with E-state index >= 15 is 0 Å². The van der Waals surface area contributed by atoms with Gasteiger partial charge in [-0.25, -0.2) is 4.79 Å². The lowest BCUT2D eigenvalue weighted by Crippen LogP contribution is -2.45. The number of rotatable bonds is 6. The van der Waals surface area contributed by atoms with E-state index in [2.05, 4.69) is 10.1 Å². The van der Waals surface area contributed by atoms with Gasteiger partial charge in [0.15, 0.2) is 0 Å². The lowest BCUT2D eigenvalue weighted by molar-refractivity contribution is -0.384. The van der Waals surface area contributed by atoms with Crippen molar-refractivity contribution in [2.24, 2.45) is 5.92 Å². The van der Waals surface area contributed by atoms with E-state index in [1.54, 1.807) is 19.9 Å². The molecule has 0 unspecified atom stereocenters. The SMILES string of the molecule is COC(=O)[C@H](NC(=O)Cc1cccc([N+](=O)[O-])c1)C(C)C. The second-order valence-electron chi connectivity index (χ2n) is 4.92. The van der Waals surface area contributed by atoms with Gasteiger partial charge in [0.1, 0.15) is 6.04 Å². The van der Waals surface area contributed by atoms with Crippen molar-refractivity contribution >= 4 is 17.6 Å². The maximum absolute atomic E-state index is 11.9.